The summed E-state index contributed by atoms with van der Waals surface area (Å²) < 4.78 is 0. The minimum Gasteiger partial charge on any atom is -0.337 e. The monoisotopic (exact) mass is 244 g/mol. The van der Waals surface area contributed by atoms with E-state index in [1.807, 2.05) is 12.1 Å². The summed E-state index contributed by atoms with van der Waals surface area (Å²) in [5.74, 6) is 0.0119. The first kappa shape index (κ1) is 12.5. The highest BCUT2D eigenvalue weighted by molar-refractivity contribution is 5.82. The highest BCUT2D eigenvalue weighted by Crippen LogP contribution is 2.10. The third-order valence-electron chi connectivity index (χ3n) is 3.00. The Balaban J connectivity index is 2.06. The molecule has 2 rings (SSSR count). The van der Waals surface area contributed by atoms with E-state index in [0.717, 1.165) is 25.1 Å². The number of amides is 1. The second-order valence-electron chi connectivity index (χ2n) is 4.34. The van der Waals surface area contributed by atoms with Crippen molar-refractivity contribution in [2.24, 2.45) is 0 Å². The average molecular weight is 244 g/mol. The maximum absolute atomic E-state index is 12.2. The highest BCUT2D eigenvalue weighted by atomic mass is 16.2. The van der Waals surface area contributed by atoms with Gasteiger partial charge >= 0.3 is 0 Å². The molecule has 0 aliphatic carbocycles. The van der Waals surface area contributed by atoms with Crippen molar-refractivity contribution in [3.8, 4) is 6.07 Å². The van der Waals surface area contributed by atoms with Gasteiger partial charge in [-0.2, -0.15) is 5.26 Å². The van der Waals surface area contributed by atoms with Crippen LogP contribution in [0.4, 0.5) is 0 Å². The Morgan fingerprint density at radius 2 is 2.50 bits per heavy atom. The normalized spacial score (nSPS) is 20.3. The number of hydrogen-bond donors (Lipinski definition) is 1. The van der Waals surface area contributed by atoms with Crippen LogP contribution in [0, 0.1) is 11.3 Å². The molecule has 18 heavy (non-hydrogen) atoms. The van der Waals surface area contributed by atoms with Gasteiger partial charge in [-0.3, -0.25) is 9.78 Å². The van der Waals surface area contributed by atoms with Gasteiger partial charge in [-0.1, -0.05) is 6.07 Å². The standard InChI is InChI=1S/C13H16N4O/c14-5-4-12-13(18)17(8-2-7-16-12)10-11-3-1-6-15-9-11/h1,3,6,9,12,16H,2,4,7-8,10H2. The zero-order valence-corrected chi connectivity index (χ0v) is 10.2. The Hall–Kier alpha value is -1.93. The van der Waals surface area contributed by atoms with Crippen molar-refractivity contribution in [3.05, 3.63) is 30.1 Å². The lowest BCUT2D eigenvalue weighted by Gasteiger charge is -2.23. The van der Waals surface area contributed by atoms with E-state index < -0.39 is 0 Å². The third-order valence-corrected chi connectivity index (χ3v) is 3.00. The van der Waals surface area contributed by atoms with E-state index >= 15 is 0 Å². The van der Waals surface area contributed by atoms with Crippen LogP contribution in [0.2, 0.25) is 0 Å². The van der Waals surface area contributed by atoms with Gasteiger partial charge in [-0.05, 0) is 24.6 Å². The Kier molecular flexibility index (Phi) is 4.26. The summed E-state index contributed by atoms with van der Waals surface area (Å²) in [6, 6.07) is 5.51. The Bertz CT molecular complexity index is 440. The van der Waals surface area contributed by atoms with Gasteiger partial charge in [0.1, 0.15) is 0 Å². The molecule has 1 aromatic heterocycles. The molecule has 1 amide bonds. The van der Waals surface area contributed by atoms with Crippen molar-refractivity contribution in [2.45, 2.75) is 25.4 Å². The Morgan fingerprint density at radius 3 is 3.22 bits per heavy atom. The first-order valence-electron chi connectivity index (χ1n) is 6.09. The lowest BCUT2D eigenvalue weighted by Crippen LogP contribution is -2.43. The van der Waals surface area contributed by atoms with Gasteiger partial charge in [0.25, 0.3) is 0 Å². The molecule has 2 heterocycles. The summed E-state index contributed by atoms with van der Waals surface area (Å²) in [6.07, 6.45) is 4.62. The molecular weight excluding hydrogens is 228 g/mol. The lowest BCUT2D eigenvalue weighted by atomic mass is 10.2. The van der Waals surface area contributed by atoms with Gasteiger partial charge < -0.3 is 10.2 Å². The first-order chi connectivity index (χ1) is 8.81. The largest absolute Gasteiger partial charge is 0.337 e. The smallest absolute Gasteiger partial charge is 0.241 e. The minimum atomic E-state index is -0.367. The maximum atomic E-state index is 12.2. The molecule has 1 unspecified atom stereocenters. The highest BCUT2D eigenvalue weighted by Gasteiger charge is 2.26. The van der Waals surface area contributed by atoms with Crippen molar-refractivity contribution >= 4 is 5.91 Å². The second-order valence-corrected chi connectivity index (χ2v) is 4.34. The van der Waals surface area contributed by atoms with E-state index in [0.29, 0.717) is 6.54 Å². The third kappa shape index (κ3) is 3.05. The van der Waals surface area contributed by atoms with Crippen LogP contribution in [-0.2, 0) is 11.3 Å². The van der Waals surface area contributed by atoms with E-state index in [1.165, 1.54) is 0 Å². The number of hydrogen-bond acceptors (Lipinski definition) is 4. The van der Waals surface area contributed by atoms with Gasteiger partial charge in [-0.15, -0.1) is 0 Å². The molecule has 1 fully saturated rings. The van der Waals surface area contributed by atoms with Crippen LogP contribution in [0.5, 0.6) is 0 Å². The van der Waals surface area contributed by atoms with E-state index in [-0.39, 0.29) is 18.4 Å². The number of nitrogens with zero attached hydrogens (tertiary/aromatic N) is 3. The summed E-state index contributed by atoms with van der Waals surface area (Å²) in [7, 11) is 0. The fraction of sp³-hybridized carbons (Fsp3) is 0.462. The molecule has 1 saturated heterocycles. The quantitative estimate of drug-likeness (QED) is 0.849. The summed E-state index contributed by atoms with van der Waals surface area (Å²) in [6.45, 7) is 2.07. The van der Waals surface area contributed by atoms with Crippen LogP contribution >= 0.6 is 0 Å². The van der Waals surface area contributed by atoms with Crippen LogP contribution in [0.1, 0.15) is 18.4 Å². The van der Waals surface area contributed by atoms with Crippen molar-refractivity contribution in [1.29, 1.82) is 5.26 Å². The molecule has 94 valence electrons. The predicted molar refractivity (Wildman–Crippen MR) is 66.3 cm³/mol. The second kappa shape index (κ2) is 6.12. The fourth-order valence-corrected chi connectivity index (χ4v) is 2.08. The number of aromatic nitrogens is 1. The van der Waals surface area contributed by atoms with Gasteiger partial charge in [0, 0.05) is 25.5 Å². The number of carbonyl (C=O) groups is 1. The summed E-state index contributed by atoms with van der Waals surface area (Å²) in [5.41, 5.74) is 1.02. The van der Waals surface area contributed by atoms with E-state index in [9.17, 15) is 4.79 Å². The molecule has 1 atom stereocenters. The van der Waals surface area contributed by atoms with Gasteiger partial charge in [-0.25, -0.2) is 0 Å². The summed E-state index contributed by atoms with van der Waals surface area (Å²) >= 11 is 0. The summed E-state index contributed by atoms with van der Waals surface area (Å²) in [4.78, 5) is 18.1. The molecule has 0 saturated carbocycles. The maximum Gasteiger partial charge on any atom is 0.241 e. The molecule has 0 spiro atoms. The van der Waals surface area contributed by atoms with Gasteiger partial charge in [0.15, 0.2) is 0 Å². The first-order valence-corrected chi connectivity index (χ1v) is 6.09. The van der Waals surface area contributed by atoms with Crippen molar-refractivity contribution in [1.82, 2.24) is 15.2 Å². The Labute approximate surface area is 106 Å². The number of carbonyl (C=O) groups excluding carboxylic acids is 1. The van der Waals surface area contributed by atoms with Crippen LogP contribution in [0.15, 0.2) is 24.5 Å². The van der Waals surface area contributed by atoms with E-state index in [1.54, 1.807) is 17.3 Å². The minimum absolute atomic E-state index is 0.0119. The molecule has 1 aliphatic rings. The van der Waals surface area contributed by atoms with Crippen molar-refractivity contribution < 1.29 is 4.79 Å². The van der Waals surface area contributed by atoms with E-state index in [4.69, 9.17) is 5.26 Å². The fourth-order valence-electron chi connectivity index (χ4n) is 2.08. The zero-order chi connectivity index (χ0) is 12.8. The molecule has 5 nitrogen and oxygen atoms in total. The van der Waals surface area contributed by atoms with Crippen molar-refractivity contribution in [2.75, 3.05) is 13.1 Å². The number of nitrogens with one attached hydrogen (secondary N) is 1. The molecular formula is C13H16N4O. The van der Waals surface area contributed by atoms with Crippen LogP contribution < -0.4 is 5.32 Å². The Morgan fingerprint density at radius 1 is 1.61 bits per heavy atom. The van der Waals surface area contributed by atoms with Gasteiger partial charge in [0.05, 0.1) is 18.5 Å². The number of nitriles is 1. The topological polar surface area (TPSA) is 69.0 Å². The molecule has 1 aromatic rings. The average Bonchev–Trinajstić information content (AvgIpc) is 2.56. The van der Waals surface area contributed by atoms with Crippen LogP contribution in [-0.4, -0.2) is 34.9 Å². The van der Waals surface area contributed by atoms with Crippen LogP contribution in [0.25, 0.3) is 0 Å². The predicted octanol–water partition coefficient (Wildman–Crippen LogP) is 0.686. The SMILES string of the molecule is N#CCC1NCCCN(Cc2cccnc2)C1=O. The molecule has 0 aromatic carbocycles. The number of pyridine rings is 1. The molecule has 5 heteroatoms. The lowest BCUT2D eigenvalue weighted by molar-refractivity contribution is -0.133. The molecule has 0 bridgehead atoms. The molecule has 1 N–H and O–H groups in total. The van der Waals surface area contributed by atoms with Gasteiger partial charge in [0.2, 0.25) is 5.91 Å². The summed E-state index contributed by atoms with van der Waals surface area (Å²) in [5, 5.41) is 11.9. The number of rotatable bonds is 3. The van der Waals surface area contributed by atoms with Crippen molar-refractivity contribution in [3.63, 3.8) is 0 Å². The molecule has 1 aliphatic heterocycles. The van der Waals surface area contributed by atoms with Crippen LogP contribution in [0.3, 0.4) is 0 Å². The van der Waals surface area contributed by atoms with E-state index in [2.05, 4.69) is 16.4 Å². The zero-order valence-electron chi connectivity index (χ0n) is 10.2. The molecule has 0 radical (unpaired) electrons.